The molecule has 1 saturated heterocycles. The van der Waals surface area contributed by atoms with Crippen LogP contribution in [0, 0.1) is 0 Å². The van der Waals surface area contributed by atoms with E-state index in [-0.39, 0.29) is 6.10 Å². The molecule has 4 heteroatoms. The first-order valence-electron chi connectivity index (χ1n) is 4.20. The topological polar surface area (TPSA) is 55.8 Å². The Kier molecular flexibility index (Phi) is 3.49. The van der Waals surface area contributed by atoms with Crippen LogP contribution in [0.2, 0.25) is 0 Å². The van der Waals surface area contributed by atoms with E-state index in [2.05, 4.69) is 0 Å². The Hall–Kier alpha value is -0.610. The molecule has 1 aliphatic rings. The normalized spacial score (nSPS) is 25.6. The van der Waals surface area contributed by atoms with Gasteiger partial charge < -0.3 is 14.6 Å². The first kappa shape index (κ1) is 9.48. The highest BCUT2D eigenvalue weighted by Gasteiger charge is 2.23. The summed E-state index contributed by atoms with van der Waals surface area (Å²) in [4.78, 5) is 10.6. The monoisotopic (exact) mass is 174 g/mol. The SMILES string of the molecule is CCC(OC1CCOC1)C(=O)O. The Balaban J connectivity index is 2.30. The van der Waals surface area contributed by atoms with Crippen molar-refractivity contribution in [1.29, 1.82) is 0 Å². The maximum Gasteiger partial charge on any atom is 0.332 e. The fourth-order valence-corrected chi connectivity index (χ4v) is 1.18. The third-order valence-electron chi connectivity index (χ3n) is 1.89. The van der Waals surface area contributed by atoms with Crippen molar-refractivity contribution in [1.82, 2.24) is 0 Å². The number of rotatable bonds is 4. The first-order chi connectivity index (χ1) is 5.74. The molecule has 0 aromatic carbocycles. The van der Waals surface area contributed by atoms with Gasteiger partial charge in [0.05, 0.1) is 12.7 Å². The Morgan fingerprint density at radius 2 is 2.58 bits per heavy atom. The number of ether oxygens (including phenoxy) is 2. The minimum Gasteiger partial charge on any atom is -0.479 e. The van der Waals surface area contributed by atoms with E-state index >= 15 is 0 Å². The van der Waals surface area contributed by atoms with Crippen molar-refractivity contribution in [3.05, 3.63) is 0 Å². The zero-order chi connectivity index (χ0) is 8.97. The molecule has 0 amide bonds. The molecule has 1 fully saturated rings. The summed E-state index contributed by atoms with van der Waals surface area (Å²) in [6.07, 6.45) is 0.623. The molecule has 4 nitrogen and oxygen atoms in total. The smallest absolute Gasteiger partial charge is 0.332 e. The summed E-state index contributed by atoms with van der Waals surface area (Å²) in [5.41, 5.74) is 0. The molecule has 0 aromatic rings. The van der Waals surface area contributed by atoms with E-state index in [4.69, 9.17) is 14.6 Å². The summed E-state index contributed by atoms with van der Waals surface area (Å²) in [7, 11) is 0. The number of carbonyl (C=O) groups is 1. The average Bonchev–Trinajstić information content (AvgIpc) is 2.51. The molecule has 1 aliphatic heterocycles. The van der Waals surface area contributed by atoms with Gasteiger partial charge in [-0.3, -0.25) is 0 Å². The van der Waals surface area contributed by atoms with Gasteiger partial charge in [0.25, 0.3) is 0 Å². The molecule has 1 rings (SSSR count). The van der Waals surface area contributed by atoms with Crippen molar-refractivity contribution < 1.29 is 19.4 Å². The fraction of sp³-hybridized carbons (Fsp3) is 0.875. The van der Waals surface area contributed by atoms with Crippen LogP contribution in [0.15, 0.2) is 0 Å². The second-order valence-electron chi connectivity index (χ2n) is 2.86. The highest BCUT2D eigenvalue weighted by atomic mass is 16.6. The Morgan fingerprint density at radius 1 is 1.83 bits per heavy atom. The highest BCUT2D eigenvalue weighted by molar-refractivity contribution is 5.72. The first-order valence-corrected chi connectivity index (χ1v) is 4.20. The molecule has 0 aliphatic carbocycles. The number of carboxylic acids is 1. The van der Waals surface area contributed by atoms with Crippen LogP contribution in [-0.4, -0.2) is 36.5 Å². The van der Waals surface area contributed by atoms with Gasteiger partial charge in [0.15, 0.2) is 6.10 Å². The second-order valence-corrected chi connectivity index (χ2v) is 2.86. The standard InChI is InChI=1S/C8H14O4/c1-2-7(8(9)10)12-6-3-4-11-5-6/h6-7H,2-5H2,1H3,(H,9,10). The number of carboxylic acid groups (broad SMARTS) is 1. The van der Waals surface area contributed by atoms with Crippen molar-refractivity contribution in [2.45, 2.75) is 32.0 Å². The van der Waals surface area contributed by atoms with Crippen molar-refractivity contribution in [2.75, 3.05) is 13.2 Å². The van der Waals surface area contributed by atoms with E-state index in [0.717, 1.165) is 6.42 Å². The van der Waals surface area contributed by atoms with E-state index < -0.39 is 12.1 Å². The van der Waals surface area contributed by atoms with Crippen LogP contribution in [0.1, 0.15) is 19.8 Å². The molecule has 1 heterocycles. The summed E-state index contributed by atoms with van der Waals surface area (Å²) >= 11 is 0. The Morgan fingerprint density at radius 3 is 3.00 bits per heavy atom. The zero-order valence-corrected chi connectivity index (χ0v) is 7.16. The van der Waals surface area contributed by atoms with Crippen LogP contribution in [0.4, 0.5) is 0 Å². The van der Waals surface area contributed by atoms with Gasteiger partial charge in [0, 0.05) is 6.61 Å². The van der Waals surface area contributed by atoms with Crippen molar-refractivity contribution in [3.63, 3.8) is 0 Å². The summed E-state index contributed by atoms with van der Waals surface area (Å²) in [6.45, 7) is 3.01. The highest BCUT2D eigenvalue weighted by Crippen LogP contribution is 2.12. The third kappa shape index (κ3) is 2.46. The van der Waals surface area contributed by atoms with Crippen molar-refractivity contribution >= 4 is 5.97 Å². The van der Waals surface area contributed by atoms with Crippen molar-refractivity contribution in [2.24, 2.45) is 0 Å². The predicted octanol–water partition coefficient (Wildman–Crippen LogP) is 0.655. The van der Waals surface area contributed by atoms with Gasteiger partial charge in [0.1, 0.15) is 0 Å². The summed E-state index contributed by atoms with van der Waals surface area (Å²) in [5.74, 6) is -0.885. The second kappa shape index (κ2) is 4.42. The number of hydrogen-bond donors (Lipinski definition) is 1. The van der Waals surface area contributed by atoms with Gasteiger partial charge in [-0.15, -0.1) is 0 Å². The van der Waals surface area contributed by atoms with Crippen molar-refractivity contribution in [3.8, 4) is 0 Å². The molecular formula is C8H14O4. The Labute approximate surface area is 71.5 Å². The molecule has 12 heavy (non-hydrogen) atoms. The number of aliphatic carboxylic acids is 1. The lowest BCUT2D eigenvalue weighted by molar-refractivity contribution is -0.154. The van der Waals surface area contributed by atoms with Gasteiger partial charge in [-0.1, -0.05) is 6.92 Å². The van der Waals surface area contributed by atoms with E-state index in [1.54, 1.807) is 6.92 Å². The molecule has 1 N–H and O–H groups in total. The molecule has 0 bridgehead atoms. The molecule has 70 valence electrons. The van der Waals surface area contributed by atoms with Crippen LogP contribution in [0.3, 0.4) is 0 Å². The van der Waals surface area contributed by atoms with Crippen LogP contribution in [0.25, 0.3) is 0 Å². The largest absolute Gasteiger partial charge is 0.479 e. The summed E-state index contributed by atoms with van der Waals surface area (Å²) in [5, 5.41) is 8.67. The molecule has 0 spiro atoms. The molecule has 0 saturated carbocycles. The van der Waals surface area contributed by atoms with Gasteiger partial charge in [-0.25, -0.2) is 4.79 Å². The lowest BCUT2D eigenvalue weighted by Gasteiger charge is -2.15. The third-order valence-corrected chi connectivity index (χ3v) is 1.89. The molecule has 2 atom stereocenters. The van der Waals surface area contributed by atoms with E-state index in [1.165, 1.54) is 0 Å². The van der Waals surface area contributed by atoms with E-state index in [1.807, 2.05) is 0 Å². The molecule has 0 aromatic heterocycles. The van der Waals surface area contributed by atoms with Gasteiger partial charge in [-0.2, -0.15) is 0 Å². The number of hydrogen-bond acceptors (Lipinski definition) is 3. The van der Waals surface area contributed by atoms with Gasteiger partial charge in [-0.05, 0) is 12.8 Å². The van der Waals surface area contributed by atoms with Crippen LogP contribution in [0.5, 0.6) is 0 Å². The van der Waals surface area contributed by atoms with Crippen LogP contribution < -0.4 is 0 Å². The van der Waals surface area contributed by atoms with E-state index in [0.29, 0.717) is 19.6 Å². The lowest BCUT2D eigenvalue weighted by atomic mass is 10.2. The lowest BCUT2D eigenvalue weighted by Crippen LogP contribution is -2.28. The Bertz CT molecular complexity index is 151. The summed E-state index contributed by atoms with van der Waals surface area (Å²) in [6, 6.07) is 0. The zero-order valence-electron chi connectivity index (χ0n) is 7.16. The minimum atomic E-state index is -0.885. The van der Waals surface area contributed by atoms with Crippen LogP contribution >= 0.6 is 0 Å². The predicted molar refractivity (Wildman–Crippen MR) is 42.0 cm³/mol. The van der Waals surface area contributed by atoms with Crippen LogP contribution in [-0.2, 0) is 14.3 Å². The van der Waals surface area contributed by atoms with E-state index in [9.17, 15) is 4.79 Å². The summed E-state index contributed by atoms with van der Waals surface area (Å²) < 4.78 is 10.4. The average molecular weight is 174 g/mol. The fourth-order valence-electron chi connectivity index (χ4n) is 1.18. The molecule has 0 radical (unpaired) electrons. The minimum absolute atomic E-state index is 0.0222. The maximum absolute atomic E-state index is 10.6. The molecular weight excluding hydrogens is 160 g/mol. The van der Waals surface area contributed by atoms with Gasteiger partial charge in [0.2, 0.25) is 0 Å². The molecule has 2 unspecified atom stereocenters. The van der Waals surface area contributed by atoms with Gasteiger partial charge >= 0.3 is 5.97 Å². The quantitative estimate of drug-likeness (QED) is 0.680. The maximum atomic E-state index is 10.6.